The average Bonchev–Trinajstić information content (AvgIpc) is 2.30. The molecule has 0 bridgehead atoms. The Kier molecular flexibility index (Phi) is 6.55. The van der Waals surface area contributed by atoms with Gasteiger partial charge in [-0.25, -0.2) is 4.39 Å². The number of hydrogen-bond acceptors (Lipinski definition) is 3. The standard InChI is InChI=1S/C13H20FNOS/c1-3-15-9-11-8-12(14)4-5-13(11)17-10(2)6-7-16/h4-5,8,10,15-16H,3,6-7,9H2,1-2H3. The first kappa shape index (κ1) is 14.5. The molecule has 2 N–H and O–H groups in total. The maximum Gasteiger partial charge on any atom is 0.123 e. The highest BCUT2D eigenvalue weighted by Gasteiger charge is 2.09. The van der Waals surface area contributed by atoms with Crippen LogP contribution in [0, 0.1) is 5.82 Å². The molecule has 96 valence electrons. The second-order valence-electron chi connectivity index (χ2n) is 3.97. The van der Waals surface area contributed by atoms with Crippen molar-refractivity contribution in [3.8, 4) is 0 Å². The van der Waals surface area contributed by atoms with Crippen molar-refractivity contribution in [2.24, 2.45) is 0 Å². The number of thioether (sulfide) groups is 1. The highest BCUT2D eigenvalue weighted by atomic mass is 32.2. The van der Waals surface area contributed by atoms with Gasteiger partial charge in [0.25, 0.3) is 0 Å². The quantitative estimate of drug-likeness (QED) is 0.737. The van der Waals surface area contributed by atoms with Crippen molar-refractivity contribution in [2.75, 3.05) is 13.2 Å². The van der Waals surface area contributed by atoms with E-state index in [9.17, 15) is 4.39 Å². The van der Waals surface area contributed by atoms with Crippen LogP contribution >= 0.6 is 11.8 Å². The summed E-state index contributed by atoms with van der Waals surface area (Å²) in [5.74, 6) is -0.197. The van der Waals surface area contributed by atoms with Crippen molar-refractivity contribution in [1.82, 2.24) is 5.32 Å². The van der Waals surface area contributed by atoms with Crippen molar-refractivity contribution in [3.05, 3.63) is 29.6 Å². The third-order valence-electron chi connectivity index (χ3n) is 2.45. The Morgan fingerprint density at radius 2 is 2.24 bits per heavy atom. The minimum atomic E-state index is -0.197. The second-order valence-corrected chi connectivity index (χ2v) is 5.45. The van der Waals surface area contributed by atoms with Crippen LogP contribution in [0.4, 0.5) is 4.39 Å². The molecule has 1 atom stereocenters. The summed E-state index contributed by atoms with van der Waals surface area (Å²) >= 11 is 1.69. The summed E-state index contributed by atoms with van der Waals surface area (Å²) in [6.45, 7) is 5.84. The third kappa shape index (κ3) is 5.06. The number of halogens is 1. The summed E-state index contributed by atoms with van der Waals surface area (Å²) in [5, 5.41) is 12.4. The number of rotatable bonds is 7. The molecule has 0 aromatic heterocycles. The Hall–Kier alpha value is -0.580. The monoisotopic (exact) mass is 257 g/mol. The first-order chi connectivity index (χ1) is 8.17. The number of benzene rings is 1. The van der Waals surface area contributed by atoms with Crippen LogP contribution < -0.4 is 5.32 Å². The molecular formula is C13H20FNOS. The van der Waals surface area contributed by atoms with Crippen LogP contribution in [0.1, 0.15) is 25.8 Å². The molecule has 0 aliphatic carbocycles. The van der Waals surface area contributed by atoms with Gasteiger partial charge in [-0.1, -0.05) is 13.8 Å². The van der Waals surface area contributed by atoms with Crippen LogP contribution in [-0.2, 0) is 6.54 Å². The van der Waals surface area contributed by atoms with Crippen LogP contribution in [-0.4, -0.2) is 23.5 Å². The Morgan fingerprint density at radius 3 is 2.88 bits per heavy atom. The lowest BCUT2D eigenvalue weighted by Crippen LogP contribution is -2.13. The van der Waals surface area contributed by atoms with Gasteiger partial charge in [-0.05, 0) is 36.7 Å². The Labute approximate surface area is 107 Å². The van der Waals surface area contributed by atoms with Gasteiger partial charge in [0.15, 0.2) is 0 Å². The SMILES string of the molecule is CCNCc1cc(F)ccc1SC(C)CCO. The lowest BCUT2D eigenvalue weighted by Gasteiger charge is -2.14. The van der Waals surface area contributed by atoms with Gasteiger partial charge in [-0.3, -0.25) is 0 Å². The van der Waals surface area contributed by atoms with Crippen molar-refractivity contribution < 1.29 is 9.50 Å². The van der Waals surface area contributed by atoms with E-state index in [1.165, 1.54) is 6.07 Å². The molecular weight excluding hydrogens is 237 g/mol. The predicted molar refractivity (Wildman–Crippen MR) is 70.8 cm³/mol. The number of aliphatic hydroxyl groups is 1. The summed E-state index contributed by atoms with van der Waals surface area (Å²) in [5.41, 5.74) is 0.988. The number of hydrogen-bond donors (Lipinski definition) is 2. The van der Waals surface area contributed by atoms with Gasteiger partial charge in [-0.2, -0.15) is 0 Å². The van der Waals surface area contributed by atoms with E-state index in [2.05, 4.69) is 12.2 Å². The molecule has 17 heavy (non-hydrogen) atoms. The fourth-order valence-electron chi connectivity index (χ4n) is 1.52. The fraction of sp³-hybridized carbons (Fsp3) is 0.538. The smallest absolute Gasteiger partial charge is 0.123 e. The van der Waals surface area contributed by atoms with E-state index in [0.29, 0.717) is 11.8 Å². The largest absolute Gasteiger partial charge is 0.396 e. The molecule has 0 aliphatic rings. The molecule has 4 heteroatoms. The molecule has 0 saturated heterocycles. The minimum absolute atomic E-state index is 0.192. The van der Waals surface area contributed by atoms with Crippen LogP contribution in [0.15, 0.2) is 23.1 Å². The highest BCUT2D eigenvalue weighted by molar-refractivity contribution is 8.00. The molecule has 2 nitrogen and oxygen atoms in total. The molecule has 0 spiro atoms. The molecule has 1 rings (SSSR count). The van der Waals surface area contributed by atoms with E-state index in [4.69, 9.17) is 5.11 Å². The van der Waals surface area contributed by atoms with Crippen molar-refractivity contribution in [3.63, 3.8) is 0 Å². The molecule has 0 amide bonds. The molecule has 0 fully saturated rings. The van der Waals surface area contributed by atoms with Crippen molar-refractivity contribution in [1.29, 1.82) is 0 Å². The zero-order valence-electron chi connectivity index (χ0n) is 10.4. The molecule has 1 unspecified atom stereocenters. The van der Waals surface area contributed by atoms with E-state index in [-0.39, 0.29) is 12.4 Å². The van der Waals surface area contributed by atoms with Crippen molar-refractivity contribution in [2.45, 2.75) is 37.0 Å². The van der Waals surface area contributed by atoms with Crippen molar-refractivity contribution >= 4 is 11.8 Å². The number of aliphatic hydroxyl groups excluding tert-OH is 1. The summed E-state index contributed by atoms with van der Waals surface area (Å²) < 4.78 is 13.2. The fourth-order valence-corrected chi connectivity index (χ4v) is 2.60. The van der Waals surface area contributed by atoms with Crippen LogP contribution in [0.5, 0.6) is 0 Å². The molecule has 1 aromatic rings. The Balaban J connectivity index is 2.74. The van der Waals surface area contributed by atoms with E-state index < -0.39 is 0 Å². The maximum atomic E-state index is 13.2. The van der Waals surface area contributed by atoms with Gasteiger partial charge >= 0.3 is 0 Å². The Bertz CT molecular complexity index is 346. The summed E-state index contributed by atoms with van der Waals surface area (Å²) in [7, 11) is 0. The van der Waals surface area contributed by atoms with Gasteiger partial charge in [0.05, 0.1) is 0 Å². The van der Waals surface area contributed by atoms with Gasteiger partial charge in [0, 0.05) is 23.3 Å². The molecule has 0 saturated carbocycles. The van der Waals surface area contributed by atoms with Gasteiger partial charge in [-0.15, -0.1) is 11.8 Å². The summed E-state index contributed by atoms with van der Waals surface area (Å²) in [6.07, 6.45) is 0.753. The first-order valence-electron chi connectivity index (χ1n) is 5.94. The predicted octanol–water partition coefficient (Wildman–Crippen LogP) is 2.80. The third-order valence-corrected chi connectivity index (χ3v) is 3.74. The van der Waals surface area contributed by atoms with Crippen LogP contribution in [0.25, 0.3) is 0 Å². The second kappa shape index (κ2) is 7.69. The minimum Gasteiger partial charge on any atom is -0.396 e. The summed E-state index contributed by atoms with van der Waals surface area (Å²) in [6, 6.07) is 4.89. The van der Waals surface area contributed by atoms with Gasteiger partial charge in [0.1, 0.15) is 5.82 Å². The first-order valence-corrected chi connectivity index (χ1v) is 6.82. The van der Waals surface area contributed by atoms with Gasteiger partial charge in [0.2, 0.25) is 0 Å². The zero-order chi connectivity index (χ0) is 12.7. The topological polar surface area (TPSA) is 32.3 Å². The maximum absolute atomic E-state index is 13.2. The highest BCUT2D eigenvalue weighted by Crippen LogP contribution is 2.28. The molecule has 0 heterocycles. The molecule has 0 radical (unpaired) electrons. The summed E-state index contributed by atoms with van der Waals surface area (Å²) in [4.78, 5) is 1.09. The van der Waals surface area contributed by atoms with E-state index in [1.54, 1.807) is 17.8 Å². The lowest BCUT2D eigenvalue weighted by atomic mass is 10.2. The van der Waals surface area contributed by atoms with E-state index in [0.717, 1.165) is 23.4 Å². The van der Waals surface area contributed by atoms with Crippen LogP contribution in [0.2, 0.25) is 0 Å². The molecule has 0 aliphatic heterocycles. The van der Waals surface area contributed by atoms with Gasteiger partial charge < -0.3 is 10.4 Å². The number of nitrogens with one attached hydrogen (secondary N) is 1. The Morgan fingerprint density at radius 1 is 1.47 bits per heavy atom. The molecule has 1 aromatic carbocycles. The van der Waals surface area contributed by atoms with E-state index >= 15 is 0 Å². The van der Waals surface area contributed by atoms with E-state index in [1.807, 2.05) is 13.0 Å². The zero-order valence-corrected chi connectivity index (χ0v) is 11.2. The normalized spacial score (nSPS) is 12.7. The average molecular weight is 257 g/mol. The lowest BCUT2D eigenvalue weighted by molar-refractivity contribution is 0.289. The van der Waals surface area contributed by atoms with Crippen LogP contribution in [0.3, 0.4) is 0 Å².